The highest BCUT2D eigenvalue weighted by molar-refractivity contribution is 5.36. The van der Waals surface area contributed by atoms with Crippen LogP contribution in [0.1, 0.15) is 16.7 Å². The van der Waals surface area contributed by atoms with Gasteiger partial charge in [-0.05, 0) is 11.1 Å². The van der Waals surface area contributed by atoms with Crippen LogP contribution < -0.4 is 0 Å². The average Bonchev–Trinajstić information content (AvgIpc) is 2.46. The summed E-state index contributed by atoms with van der Waals surface area (Å²) in [7, 11) is 0. The maximum absolute atomic E-state index is 10.9. The first-order chi connectivity index (χ1) is 9.61. The maximum Gasteiger partial charge on any atom is 0.173 e. The standard InChI is InChI=1S/C16H17NO3/c18-15-10-13-8-4-5-9-14(13)16(19,17(15)20)11-12-6-2-1-3-7-12/h1-9,15,18-20H,10-11H2. The molecule has 0 amide bonds. The Hall–Kier alpha value is -1.72. The smallest absolute Gasteiger partial charge is 0.173 e. The van der Waals surface area contributed by atoms with Crippen LogP contribution in [0.25, 0.3) is 0 Å². The molecule has 1 aliphatic rings. The van der Waals surface area contributed by atoms with E-state index in [2.05, 4.69) is 0 Å². The quantitative estimate of drug-likeness (QED) is 0.777. The molecule has 2 unspecified atom stereocenters. The third-order valence-corrected chi connectivity index (χ3v) is 3.81. The molecule has 0 fully saturated rings. The van der Waals surface area contributed by atoms with E-state index in [0.717, 1.165) is 11.1 Å². The van der Waals surface area contributed by atoms with Crippen LogP contribution in [0.4, 0.5) is 0 Å². The molecule has 3 rings (SSSR count). The van der Waals surface area contributed by atoms with E-state index in [9.17, 15) is 15.4 Å². The van der Waals surface area contributed by atoms with Gasteiger partial charge in [-0.1, -0.05) is 54.6 Å². The van der Waals surface area contributed by atoms with Gasteiger partial charge in [0.15, 0.2) is 5.72 Å². The molecule has 2 aromatic rings. The third kappa shape index (κ3) is 2.13. The molecule has 20 heavy (non-hydrogen) atoms. The predicted molar refractivity (Wildman–Crippen MR) is 73.8 cm³/mol. The van der Waals surface area contributed by atoms with Crippen molar-refractivity contribution < 1.29 is 15.4 Å². The first kappa shape index (κ1) is 13.3. The van der Waals surface area contributed by atoms with Gasteiger partial charge in [-0.2, -0.15) is 0 Å². The number of aliphatic hydroxyl groups is 2. The zero-order valence-corrected chi connectivity index (χ0v) is 11.0. The van der Waals surface area contributed by atoms with Crippen LogP contribution in [0.15, 0.2) is 54.6 Å². The lowest BCUT2D eigenvalue weighted by Crippen LogP contribution is -2.55. The molecule has 0 radical (unpaired) electrons. The van der Waals surface area contributed by atoms with Gasteiger partial charge in [-0.15, -0.1) is 5.06 Å². The summed E-state index contributed by atoms with van der Waals surface area (Å²) in [5.41, 5.74) is 0.758. The lowest BCUT2D eigenvalue weighted by Gasteiger charge is -2.43. The van der Waals surface area contributed by atoms with Crippen LogP contribution in [0.3, 0.4) is 0 Å². The Bertz CT molecular complexity index is 602. The number of rotatable bonds is 2. The van der Waals surface area contributed by atoms with E-state index in [1.165, 1.54) is 0 Å². The summed E-state index contributed by atoms with van der Waals surface area (Å²) >= 11 is 0. The lowest BCUT2D eigenvalue weighted by molar-refractivity contribution is -0.333. The highest BCUT2D eigenvalue weighted by Crippen LogP contribution is 2.37. The third-order valence-electron chi connectivity index (χ3n) is 3.81. The maximum atomic E-state index is 10.9. The molecule has 3 N–H and O–H groups in total. The van der Waals surface area contributed by atoms with Crippen LogP contribution >= 0.6 is 0 Å². The van der Waals surface area contributed by atoms with Crippen molar-refractivity contribution >= 4 is 0 Å². The highest BCUT2D eigenvalue weighted by Gasteiger charge is 2.44. The van der Waals surface area contributed by atoms with Crippen LogP contribution in [0.2, 0.25) is 0 Å². The summed E-state index contributed by atoms with van der Waals surface area (Å²) in [4.78, 5) is 0. The average molecular weight is 271 g/mol. The number of hydrogen-bond donors (Lipinski definition) is 3. The Morgan fingerprint density at radius 3 is 2.45 bits per heavy atom. The van der Waals surface area contributed by atoms with Gasteiger partial charge >= 0.3 is 0 Å². The molecule has 4 nitrogen and oxygen atoms in total. The summed E-state index contributed by atoms with van der Waals surface area (Å²) in [6.45, 7) is 0. The SMILES string of the molecule is OC1Cc2ccccc2C(O)(Cc2ccccc2)N1O. The van der Waals surface area contributed by atoms with E-state index in [1.807, 2.05) is 48.5 Å². The molecule has 0 saturated carbocycles. The molecule has 0 aromatic heterocycles. The second-order valence-corrected chi connectivity index (χ2v) is 5.17. The second kappa shape index (κ2) is 5.00. The Morgan fingerprint density at radius 2 is 1.70 bits per heavy atom. The topological polar surface area (TPSA) is 63.9 Å². The van der Waals surface area contributed by atoms with Gasteiger partial charge in [0.1, 0.15) is 6.23 Å². The summed E-state index contributed by atoms with van der Waals surface area (Å²) in [5, 5.41) is 31.7. The first-order valence-electron chi connectivity index (χ1n) is 6.62. The molecule has 1 aliphatic heterocycles. The number of aliphatic hydroxyl groups excluding tert-OH is 1. The van der Waals surface area contributed by atoms with Crippen LogP contribution in [0.5, 0.6) is 0 Å². The van der Waals surface area contributed by atoms with E-state index in [0.29, 0.717) is 17.0 Å². The second-order valence-electron chi connectivity index (χ2n) is 5.17. The molecular formula is C16H17NO3. The van der Waals surface area contributed by atoms with Gasteiger partial charge < -0.3 is 15.4 Å². The Morgan fingerprint density at radius 1 is 1.05 bits per heavy atom. The van der Waals surface area contributed by atoms with Crippen molar-refractivity contribution in [2.45, 2.75) is 24.8 Å². The molecule has 0 aliphatic carbocycles. The zero-order valence-electron chi connectivity index (χ0n) is 11.0. The van der Waals surface area contributed by atoms with Crippen molar-refractivity contribution in [3.05, 3.63) is 71.3 Å². The fraction of sp³-hybridized carbons (Fsp3) is 0.250. The first-order valence-corrected chi connectivity index (χ1v) is 6.62. The van der Waals surface area contributed by atoms with Gasteiger partial charge in [0.25, 0.3) is 0 Å². The van der Waals surface area contributed by atoms with E-state index >= 15 is 0 Å². The number of hydroxylamine groups is 2. The highest BCUT2D eigenvalue weighted by atomic mass is 16.6. The van der Waals surface area contributed by atoms with E-state index in [-0.39, 0.29) is 6.42 Å². The van der Waals surface area contributed by atoms with Crippen molar-refractivity contribution in [1.29, 1.82) is 0 Å². The predicted octanol–water partition coefficient (Wildman–Crippen LogP) is 1.64. The molecule has 1 heterocycles. The normalized spacial score (nSPS) is 26.2. The minimum Gasteiger partial charge on any atom is -0.376 e. The van der Waals surface area contributed by atoms with E-state index in [4.69, 9.17) is 0 Å². The van der Waals surface area contributed by atoms with Gasteiger partial charge in [-0.3, -0.25) is 0 Å². The van der Waals surface area contributed by atoms with Crippen molar-refractivity contribution in [3.63, 3.8) is 0 Å². The van der Waals surface area contributed by atoms with Crippen molar-refractivity contribution in [2.24, 2.45) is 0 Å². The molecule has 2 atom stereocenters. The number of fused-ring (bicyclic) bond motifs is 1. The fourth-order valence-corrected chi connectivity index (χ4v) is 2.80. The van der Waals surface area contributed by atoms with Crippen molar-refractivity contribution in [2.75, 3.05) is 0 Å². The van der Waals surface area contributed by atoms with Gasteiger partial charge in [0.05, 0.1) is 0 Å². The summed E-state index contributed by atoms with van der Waals surface area (Å²) in [6, 6.07) is 16.8. The van der Waals surface area contributed by atoms with Crippen LogP contribution in [-0.2, 0) is 18.6 Å². The number of nitrogens with zero attached hydrogens (tertiary/aromatic N) is 1. The van der Waals surface area contributed by atoms with Crippen molar-refractivity contribution in [3.8, 4) is 0 Å². The largest absolute Gasteiger partial charge is 0.376 e. The number of benzene rings is 2. The molecule has 2 aromatic carbocycles. The fourth-order valence-electron chi connectivity index (χ4n) is 2.80. The molecule has 104 valence electrons. The van der Waals surface area contributed by atoms with Crippen LogP contribution in [0, 0.1) is 0 Å². The minimum atomic E-state index is -1.62. The Kier molecular flexibility index (Phi) is 3.31. The zero-order chi connectivity index (χ0) is 14.2. The Balaban J connectivity index is 2.05. The monoisotopic (exact) mass is 271 g/mol. The van der Waals surface area contributed by atoms with E-state index < -0.39 is 12.0 Å². The summed E-state index contributed by atoms with van der Waals surface area (Å²) in [6.07, 6.45) is -0.610. The summed E-state index contributed by atoms with van der Waals surface area (Å²) < 4.78 is 0. The van der Waals surface area contributed by atoms with Gasteiger partial charge in [0, 0.05) is 18.4 Å². The van der Waals surface area contributed by atoms with Crippen LogP contribution in [-0.4, -0.2) is 26.7 Å². The lowest BCUT2D eigenvalue weighted by atomic mass is 9.86. The van der Waals surface area contributed by atoms with Gasteiger partial charge in [0.2, 0.25) is 0 Å². The molecule has 0 bridgehead atoms. The van der Waals surface area contributed by atoms with Gasteiger partial charge in [-0.25, -0.2) is 0 Å². The molecule has 0 saturated heterocycles. The van der Waals surface area contributed by atoms with Crippen molar-refractivity contribution in [1.82, 2.24) is 5.06 Å². The summed E-state index contributed by atoms with van der Waals surface area (Å²) in [5.74, 6) is 0. The molecule has 0 spiro atoms. The minimum absolute atomic E-state index is 0.207. The molecule has 4 heteroatoms. The molecular weight excluding hydrogens is 254 g/mol. The van der Waals surface area contributed by atoms with E-state index in [1.54, 1.807) is 6.07 Å². The Labute approximate surface area is 117 Å². The number of hydrogen-bond acceptors (Lipinski definition) is 4.